The molecule has 1 unspecified atom stereocenters. The van der Waals surface area contributed by atoms with E-state index in [9.17, 15) is 0 Å². The van der Waals surface area contributed by atoms with Crippen molar-refractivity contribution in [3.8, 4) is 17.2 Å². The van der Waals surface area contributed by atoms with E-state index in [0.717, 1.165) is 35.8 Å². The van der Waals surface area contributed by atoms with E-state index >= 15 is 0 Å². The highest BCUT2D eigenvalue weighted by molar-refractivity contribution is 5.48. The minimum atomic E-state index is 0.260. The highest BCUT2D eigenvalue weighted by atomic mass is 16.5. The van der Waals surface area contributed by atoms with Gasteiger partial charge < -0.3 is 19.5 Å². The quantitative estimate of drug-likeness (QED) is 0.684. The molecule has 0 spiro atoms. The van der Waals surface area contributed by atoms with E-state index in [2.05, 4.69) is 28.6 Å². The molecule has 146 valence electrons. The van der Waals surface area contributed by atoms with Crippen LogP contribution < -0.4 is 19.5 Å². The van der Waals surface area contributed by atoms with Crippen molar-refractivity contribution in [3.05, 3.63) is 71.5 Å². The summed E-state index contributed by atoms with van der Waals surface area (Å²) in [5, 5.41) is 7.90. The van der Waals surface area contributed by atoms with Crippen LogP contribution in [0.1, 0.15) is 16.7 Å². The van der Waals surface area contributed by atoms with Crippen molar-refractivity contribution in [2.45, 2.75) is 25.6 Å². The molecule has 1 aliphatic rings. The number of benzene rings is 2. The van der Waals surface area contributed by atoms with Gasteiger partial charge in [-0.3, -0.25) is 4.68 Å². The molecule has 28 heavy (non-hydrogen) atoms. The number of hydrogen-bond donors (Lipinski definition) is 1. The summed E-state index contributed by atoms with van der Waals surface area (Å²) >= 11 is 0. The van der Waals surface area contributed by atoms with Crippen LogP contribution in [0.5, 0.6) is 17.2 Å². The Morgan fingerprint density at radius 3 is 2.82 bits per heavy atom. The lowest BCUT2D eigenvalue weighted by Crippen LogP contribution is -2.38. The number of methoxy groups -OCH3 is 2. The summed E-state index contributed by atoms with van der Waals surface area (Å²) in [6.45, 7) is 2.08. The molecule has 0 amide bonds. The fourth-order valence-corrected chi connectivity index (χ4v) is 3.58. The van der Waals surface area contributed by atoms with E-state index < -0.39 is 0 Å². The second-order valence-corrected chi connectivity index (χ2v) is 6.89. The lowest BCUT2D eigenvalue weighted by molar-refractivity contribution is 0.226. The third kappa shape index (κ3) is 3.97. The maximum absolute atomic E-state index is 5.96. The van der Waals surface area contributed by atoms with Gasteiger partial charge in [-0.2, -0.15) is 5.10 Å². The van der Waals surface area contributed by atoms with Crippen LogP contribution in [0, 0.1) is 0 Å². The fourth-order valence-electron chi connectivity index (χ4n) is 3.58. The zero-order chi connectivity index (χ0) is 19.3. The van der Waals surface area contributed by atoms with Crippen molar-refractivity contribution in [3.63, 3.8) is 0 Å². The van der Waals surface area contributed by atoms with Crippen LogP contribution >= 0.6 is 0 Å². The van der Waals surface area contributed by atoms with Gasteiger partial charge in [-0.05, 0) is 41.8 Å². The molecule has 1 aliphatic heterocycles. The van der Waals surface area contributed by atoms with E-state index in [0.29, 0.717) is 13.2 Å². The highest BCUT2D eigenvalue weighted by Crippen LogP contribution is 2.34. The van der Waals surface area contributed by atoms with Gasteiger partial charge in [0.1, 0.15) is 12.4 Å². The molecule has 0 aliphatic carbocycles. The van der Waals surface area contributed by atoms with E-state index in [1.807, 2.05) is 35.1 Å². The minimum Gasteiger partial charge on any atom is -0.496 e. The Labute approximate surface area is 165 Å². The Morgan fingerprint density at radius 1 is 1.14 bits per heavy atom. The van der Waals surface area contributed by atoms with Crippen LogP contribution in [0.4, 0.5) is 0 Å². The number of ether oxygens (including phenoxy) is 3. The zero-order valence-electron chi connectivity index (χ0n) is 16.2. The molecule has 4 rings (SSSR count). The predicted molar refractivity (Wildman–Crippen MR) is 107 cm³/mol. The number of rotatable bonds is 7. The molecule has 1 N–H and O–H groups in total. The Balaban J connectivity index is 1.42. The van der Waals surface area contributed by atoms with Crippen molar-refractivity contribution in [1.82, 2.24) is 15.1 Å². The van der Waals surface area contributed by atoms with Crippen LogP contribution in [0.3, 0.4) is 0 Å². The smallest absolute Gasteiger partial charge is 0.164 e. The highest BCUT2D eigenvalue weighted by Gasteiger charge is 2.22. The van der Waals surface area contributed by atoms with Gasteiger partial charge in [-0.25, -0.2) is 0 Å². The third-order valence-corrected chi connectivity index (χ3v) is 5.01. The first-order valence-corrected chi connectivity index (χ1v) is 9.42. The first-order valence-electron chi connectivity index (χ1n) is 9.42. The molecular formula is C22H25N3O3. The molecule has 2 heterocycles. The molecule has 6 heteroatoms. The third-order valence-electron chi connectivity index (χ3n) is 5.01. The SMILES string of the molecule is COc1ccc(CNC2COc3c(cccc3OC)C2)cc1Cn1cccn1. The number of para-hydroxylation sites is 1. The van der Waals surface area contributed by atoms with Gasteiger partial charge in [0.25, 0.3) is 0 Å². The number of nitrogens with one attached hydrogen (secondary N) is 1. The van der Waals surface area contributed by atoms with Crippen molar-refractivity contribution in [2.75, 3.05) is 20.8 Å². The Morgan fingerprint density at radius 2 is 2.04 bits per heavy atom. The molecule has 0 fully saturated rings. The molecule has 6 nitrogen and oxygen atoms in total. The van der Waals surface area contributed by atoms with Crippen LogP contribution in [-0.2, 0) is 19.5 Å². The zero-order valence-corrected chi connectivity index (χ0v) is 16.2. The van der Waals surface area contributed by atoms with E-state index in [1.165, 1.54) is 11.1 Å². The predicted octanol–water partition coefficient (Wildman–Crippen LogP) is 3.04. The maximum atomic E-state index is 5.96. The largest absolute Gasteiger partial charge is 0.496 e. The molecule has 2 aromatic carbocycles. The van der Waals surface area contributed by atoms with Crippen LogP contribution in [-0.4, -0.2) is 36.6 Å². The average molecular weight is 379 g/mol. The molecule has 3 aromatic rings. The number of fused-ring (bicyclic) bond motifs is 1. The van der Waals surface area contributed by atoms with Gasteiger partial charge in [0.15, 0.2) is 11.5 Å². The summed E-state index contributed by atoms with van der Waals surface area (Å²) in [7, 11) is 3.37. The topological polar surface area (TPSA) is 57.5 Å². The first-order chi connectivity index (χ1) is 13.8. The maximum Gasteiger partial charge on any atom is 0.164 e. The standard InChI is InChI=1S/C22H25N3O3/c1-26-20-8-7-16(11-18(20)14-25-10-4-9-24-25)13-23-19-12-17-5-3-6-21(27-2)22(17)28-15-19/h3-11,19,23H,12-15H2,1-2H3. The van der Waals surface area contributed by atoms with Crippen molar-refractivity contribution < 1.29 is 14.2 Å². The van der Waals surface area contributed by atoms with Crippen LogP contribution in [0.25, 0.3) is 0 Å². The lowest BCUT2D eigenvalue weighted by atomic mass is 10.0. The molecule has 1 aromatic heterocycles. The summed E-state index contributed by atoms with van der Waals surface area (Å²) < 4.78 is 18.8. The first kappa shape index (κ1) is 18.4. The summed E-state index contributed by atoms with van der Waals surface area (Å²) in [4.78, 5) is 0. The number of aromatic nitrogens is 2. The summed E-state index contributed by atoms with van der Waals surface area (Å²) in [5.74, 6) is 2.55. The van der Waals surface area contributed by atoms with E-state index in [4.69, 9.17) is 14.2 Å². The van der Waals surface area contributed by atoms with Crippen LogP contribution in [0.2, 0.25) is 0 Å². The molecule has 1 atom stereocenters. The second kappa shape index (κ2) is 8.35. The van der Waals surface area contributed by atoms with Gasteiger partial charge in [0, 0.05) is 30.5 Å². The van der Waals surface area contributed by atoms with Crippen molar-refractivity contribution in [2.24, 2.45) is 0 Å². The molecule has 0 bridgehead atoms. The fraction of sp³-hybridized carbons (Fsp3) is 0.318. The normalized spacial score (nSPS) is 15.6. The van der Waals surface area contributed by atoms with E-state index in [-0.39, 0.29) is 6.04 Å². The molecular weight excluding hydrogens is 354 g/mol. The Hall–Kier alpha value is -2.99. The lowest BCUT2D eigenvalue weighted by Gasteiger charge is -2.27. The van der Waals surface area contributed by atoms with Gasteiger partial charge in [0.2, 0.25) is 0 Å². The average Bonchev–Trinajstić information content (AvgIpc) is 3.25. The van der Waals surface area contributed by atoms with Gasteiger partial charge in [-0.1, -0.05) is 18.2 Å². The molecule has 0 saturated heterocycles. The number of nitrogens with zero attached hydrogens (tertiary/aromatic N) is 2. The summed E-state index contributed by atoms with van der Waals surface area (Å²) in [6.07, 6.45) is 4.66. The monoisotopic (exact) mass is 379 g/mol. The van der Waals surface area contributed by atoms with E-state index in [1.54, 1.807) is 20.4 Å². The van der Waals surface area contributed by atoms with Gasteiger partial charge >= 0.3 is 0 Å². The summed E-state index contributed by atoms with van der Waals surface area (Å²) in [6, 6.07) is 14.5. The molecule has 0 saturated carbocycles. The second-order valence-electron chi connectivity index (χ2n) is 6.89. The number of hydrogen-bond acceptors (Lipinski definition) is 5. The van der Waals surface area contributed by atoms with Gasteiger partial charge in [0.05, 0.1) is 20.8 Å². The Kier molecular flexibility index (Phi) is 5.48. The van der Waals surface area contributed by atoms with Crippen molar-refractivity contribution >= 4 is 0 Å². The van der Waals surface area contributed by atoms with Gasteiger partial charge in [-0.15, -0.1) is 0 Å². The Bertz CT molecular complexity index is 925. The van der Waals surface area contributed by atoms with Crippen LogP contribution in [0.15, 0.2) is 54.9 Å². The minimum absolute atomic E-state index is 0.260. The summed E-state index contributed by atoms with van der Waals surface area (Å²) in [5.41, 5.74) is 3.50. The van der Waals surface area contributed by atoms with Crippen molar-refractivity contribution in [1.29, 1.82) is 0 Å². The molecule has 0 radical (unpaired) electrons.